The number of carboxylic acid groups (broad SMARTS) is 1. The normalized spacial score (nSPS) is 17.7. The van der Waals surface area contributed by atoms with Crippen molar-refractivity contribution in [1.82, 2.24) is 9.55 Å². The standard InChI is InChI=1S/C16H16ClN3O2/c17-13-5-11-9(6-19-13)1-2-10-12(15(21)22)7-20(14(10)11)8-16(18)3-4-16/h5-7H,1-4,8,18H2,(H,21,22). The van der Waals surface area contributed by atoms with Gasteiger partial charge in [-0.25, -0.2) is 9.78 Å². The van der Waals surface area contributed by atoms with Gasteiger partial charge in [0.1, 0.15) is 5.15 Å². The van der Waals surface area contributed by atoms with Gasteiger partial charge in [0.05, 0.1) is 11.3 Å². The maximum atomic E-state index is 11.6. The topological polar surface area (TPSA) is 81.1 Å². The molecule has 0 aromatic carbocycles. The molecule has 0 unspecified atom stereocenters. The molecular weight excluding hydrogens is 302 g/mol. The van der Waals surface area contributed by atoms with Crippen LogP contribution in [0.25, 0.3) is 11.3 Å². The fourth-order valence-electron chi connectivity index (χ4n) is 3.27. The van der Waals surface area contributed by atoms with E-state index in [4.69, 9.17) is 17.3 Å². The molecule has 0 radical (unpaired) electrons. The van der Waals surface area contributed by atoms with Gasteiger partial charge < -0.3 is 15.4 Å². The van der Waals surface area contributed by atoms with Crippen molar-refractivity contribution in [2.24, 2.45) is 5.73 Å². The number of pyridine rings is 1. The molecule has 2 heterocycles. The quantitative estimate of drug-likeness (QED) is 0.852. The summed E-state index contributed by atoms with van der Waals surface area (Å²) >= 11 is 6.05. The number of hydrogen-bond donors (Lipinski definition) is 2. The van der Waals surface area contributed by atoms with Crippen molar-refractivity contribution in [2.75, 3.05) is 0 Å². The van der Waals surface area contributed by atoms with E-state index in [1.165, 1.54) is 0 Å². The lowest BCUT2D eigenvalue weighted by Gasteiger charge is -2.21. The highest BCUT2D eigenvalue weighted by Crippen LogP contribution is 2.41. The molecular formula is C16H16ClN3O2. The zero-order valence-electron chi connectivity index (χ0n) is 12.0. The largest absolute Gasteiger partial charge is 0.478 e. The molecule has 1 saturated carbocycles. The predicted molar refractivity (Wildman–Crippen MR) is 83.2 cm³/mol. The first-order chi connectivity index (χ1) is 10.5. The van der Waals surface area contributed by atoms with Gasteiger partial charge in [0.15, 0.2) is 0 Å². The van der Waals surface area contributed by atoms with Crippen LogP contribution < -0.4 is 5.73 Å². The van der Waals surface area contributed by atoms with Gasteiger partial charge in [-0.3, -0.25) is 0 Å². The fourth-order valence-corrected chi connectivity index (χ4v) is 3.43. The highest BCUT2D eigenvalue weighted by molar-refractivity contribution is 6.29. The van der Waals surface area contributed by atoms with Crippen molar-refractivity contribution >= 4 is 17.6 Å². The van der Waals surface area contributed by atoms with E-state index < -0.39 is 5.97 Å². The Labute approximate surface area is 132 Å². The Bertz CT molecular complexity index is 793. The molecule has 6 heteroatoms. The number of nitrogens with zero attached hydrogens (tertiary/aromatic N) is 2. The van der Waals surface area contributed by atoms with Gasteiger partial charge in [0.25, 0.3) is 0 Å². The van der Waals surface area contributed by atoms with Crippen molar-refractivity contribution in [2.45, 2.75) is 37.8 Å². The molecule has 0 aliphatic heterocycles. The second kappa shape index (κ2) is 4.57. The lowest BCUT2D eigenvalue weighted by atomic mass is 9.90. The van der Waals surface area contributed by atoms with Crippen molar-refractivity contribution < 1.29 is 9.90 Å². The summed E-state index contributed by atoms with van der Waals surface area (Å²) in [5, 5.41) is 9.91. The van der Waals surface area contributed by atoms with Crippen LogP contribution in [0.4, 0.5) is 0 Å². The van der Waals surface area contributed by atoms with E-state index in [0.717, 1.165) is 41.6 Å². The summed E-state index contributed by atoms with van der Waals surface area (Å²) in [4.78, 5) is 15.7. The average molecular weight is 318 g/mol. The van der Waals surface area contributed by atoms with E-state index in [1.807, 2.05) is 10.6 Å². The maximum absolute atomic E-state index is 11.6. The summed E-state index contributed by atoms with van der Waals surface area (Å²) < 4.78 is 2.00. The third kappa shape index (κ3) is 2.12. The van der Waals surface area contributed by atoms with Gasteiger partial charge in [0, 0.05) is 30.0 Å². The van der Waals surface area contributed by atoms with E-state index in [2.05, 4.69) is 4.98 Å². The van der Waals surface area contributed by atoms with E-state index in [0.29, 0.717) is 23.7 Å². The van der Waals surface area contributed by atoms with Gasteiger partial charge in [-0.2, -0.15) is 0 Å². The van der Waals surface area contributed by atoms with Gasteiger partial charge in [-0.05, 0) is 42.9 Å². The minimum Gasteiger partial charge on any atom is -0.478 e. The molecule has 5 nitrogen and oxygen atoms in total. The fraction of sp³-hybridized carbons (Fsp3) is 0.375. The molecule has 0 amide bonds. The number of aromatic nitrogens is 2. The minimum absolute atomic E-state index is 0.197. The number of aromatic carboxylic acids is 1. The minimum atomic E-state index is -0.888. The maximum Gasteiger partial charge on any atom is 0.337 e. The number of hydrogen-bond acceptors (Lipinski definition) is 3. The van der Waals surface area contributed by atoms with Crippen LogP contribution >= 0.6 is 11.6 Å². The molecule has 22 heavy (non-hydrogen) atoms. The molecule has 3 N–H and O–H groups in total. The number of halogens is 1. The summed E-state index contributed by atoms with van der Waals surface area (Å²) in [6.45, 7) is 0.641. The molecule has 0 saturated heterocycles. The molecule has 0 spiro atoms. The summed E-state index contributed by atoms with van der Waals surface area (Å²) in [5.74, 6) is -0.888. The number of aryl methyl sites for hydroxylation is 1. The molecule has 0 atom stereocenters. The first-order valence-corrected chi connectivity index (χ1v) is 7.74. The smallest absolute Gasteiger partial charge is 0.337 e. The van der Waals surface area contributed by atoms with Crippen molar-refractivity contribution in [3.05, 3.63) is 40.3 Å². The van der Waals surface area contributed by atoms with Crippen LogP contribution in [0.1, 0.15) is 34.3 Å². The summed E-state index contributed by atoms with van der Waals surface area (Å²) in [6.07, 6.45) is 6.96. The van der Waals surface area contributed by atoms with E-state index >= 15 is 0 Å². The molecule has 2 aliphatic carbocycles. The Kier molecular flexibility index (Phi) is 2.86. The predicted octanol–water partition coefficient (Wildman–Crippen LogP) is 2.49. The Morgan fingerprint density at radius 2 is 2.23 bits per heavy atom. The third-order valence-corrected chi connectivity index (χ3v) is 4.85. The highest BCUT2D eigenvalue weighted by Gasteiger charge is 2.40. The van der Waals surface area contributed by atoms with Crippen LogP contribution in [-0.4, -0.2) is 26.2 Å². The number of carboxylic acids is 1. The monoisotopic (exact) mass is 317 g/mol. The molecule has 2 aromatic heterocycles. The van der Waals surface area contributed by atoms with E-state index in [1.54, 1.807) is 12.4 Å². The first-order valence-electron chi connectivity index (χ1n) is 7.36. The van der Waals surface area contributed by atoms with Crippen molar-refractivity contribution in [3.63, 3.8) is 0 Å². The number of fused-ring (bicyclic) bond motifs is 3. The Hall–Kier alpha value is -1.85. The van der Waals surface area contributed by atoms with Gasteiger partial charge in [-0.1, -0.05) is 11.6 Å². The lowest BCUT2D eigenvalue weighted by Crippen LogP contribution is -2.28. The third-order valence-electron chi connectivity index (χ3n) is 4.64. The van der Waals surface area contributed by atoms with E-state index in [-0.39, 0.29) is 5.54 Å². The van der Waals surface area contributed by atoms with Crippen molar-refractivity contribution in [1.29, 1.82) is 0 Å². The van der Waals surface area contributed by atoms with Gasteiger partial charge >= 0.3 is 5.97 Å². The molecule has 0 bridgehead atoms. The molecule has 114 valence electrons. The second-order valence-electron chi connectivity index (χ2n) is 6.33. The molecule has 2 aromatic rings. The summed E-state index contributed by atoms with van der Waals surface area (Å²) in [7, 11) is 0. The van der Waals surface area contributed by atoms with Crippen LogP contribution in [0.5, 0.6) is 0 Å². The summed E-state index contributed by atoms with van der Waals surface area (Å²) in [5.41, 5.74) is 10.3. The Morgan fingerprint density at radius 1 is 1.45 bits per heavy atom. The highest BCUT2D eigenvalue weighted by atomic mass is 35.5. The van der Waals surface area contributed by atoms with Crippen molar-refractivity contribution in [3.8, 4) is 11.3 Å². The zero-order chi connectivity index (χ0) is 15.5. The van der Waals surface area contributed by atoms with E-state index in [9.17, 15) is 9.90 Å². The molecule has 1 fully saturated rings. The number of rotatable bonds is 3. The van der Waals surface area contributed by atoms with Crippen LogP contribution in [-0.2, 0) is 19.4 Å². The van der Waals surface area contributed by atoms with Crippen LogP contribution in [0, 0.1) is 0 Å². The van der Waals surface area contributed by atoms with Crippen LogP contribution in [0.15, 0.2) is 18.5 Å². The average Bonchev–Trinajstić information content (AvgIpc) is 3.07. The molecule has 4 rings (SSSR count). The van der Waals surface area contributed by atoms with Gasteiger partial charge in [-0.15, -0.1) is 0 Å². The van der Waals surface area contributed by atoms with Crippen LogP contribution in [0.2, 0.25) is 5.15 Å². The number of nitrogens with two attached hydrogens (primary N) is 1. The Morgan fingerprint density at radius 3 is 2.91 bits per heavy atom. The molecule has 2 aliphatic rings. The second-order valence-corrected chi connectivity index (χ2v) is 6.72. The zero-order valence-corrected chi connectivity index (χ0v) is 12.7. The lowest BCUT2D eigenvalue weighted by molar-refractivity contribution is 0.0695. The number of carbonyl (C=O) groups is 1. The van der Waals surface area contributed by atoms with Crippen LogP contribution in [0.3, 0.4) is 0 Å². The first kappa shape index (κ1) is 13.8. The summed E-state index contributed by atoms with van der Waals surface area (Å²) in [6, 6.07) is 1.83. The SMILES string of the molecule is NC1(Cn2cc(C(=O)O)c3c2-c2cc(Cl)ncc2CC3)CC1. The Balaban J connectivity index is 1.92. The van der Waals surface area contributed by atoms with Gasteiger partial charge in [0.2, 0.25) is 0 Å².